The fraction of sp³-hybridized carbons (Fsp3) is 0.500. The third-order valence-corrected chi connectivity index (χ3v) is 4.98. The molecule has 9 heteroatoms. The quantitative estimate of drug-likeness (QED) is 0.323. The monoisotopic (exact) mass is 388 g/mol. The summed E-state index contributed by atoms with van der Waals surface area (Å²) in [4.78, 5) is 25.0. The fourth-order valence-electron chi connectivity index (χ4n) is 3.11. The summed E-state index contributed by atoms with van der Waals surface area (Å²) in [6.07, 6.45) is 4.06. The van der Waals surface area contributed by atoms with Crippen molar-refractivity contribution in [2.45, 2.75) is 25.8 Å². The number of halogens is 1. The van der Waals surface area contributed by atoms with Gasteiger partial charge in [-0.1, -0.05) is 30.6 Å². The molecule has 0 radical (unpaired) electrons. The first kappa shape index (κ1) is 19.2. The van der Waals surface area contributed by atoms with E-state index in [0.717, 1.165) is 17.4 Å². The van der Waals surface area contributed by atoms with Crippen LogP contribution in [0.15, 0.2) is 23.6 Å². The minimum absolute atomic E-state index is 0.0157. The molecule has 0 bridgehead atoms. The maximum absolute atomic E-state index is 12.0. The van der Waals surface area contributed by atoms with Crippen molar-refractivity contribution in [3.63, 3.8) is 0 Å². The maximum Gasteiger partial charge on any atom is 0.225 e. The number of hydrogen-bond acceptors (Lipinski definition) is 5. The molecule has 27 heavy (non-hydrogen) atoms. The molecule has 0 N–H and O–H groups in total. The van der Waals surface area contributed by atoms with Gasteiger partial charge in [0.25, 0.3) is 0 Å². The third-order valence-electron chi connectivity index (χ3n) is 4.77. The zero-order chi connectivity index (χ0) is 19.8. The lowest BCUT2D eigenvalue weighted by molar-refractivity contribution is -0.130. The van der Waals surface area contributed by atoms with E-state index in [0.29, 0.717) is 23.0 Å². The largest absolute Gasteiger partial charge is 0.477 e. The summed E-state index contributed by atoms with van der Waals surface area (Å²) in [7, 11) is 3.51. The van der Waals surface area contributed by atoms with E-state index in [1.165, 1.54) is 0 Å². The highest BCUT2D eigenvalue weighted by Crippen LogP contribution is 2.41. The smallest absolute Gasteiger partial charge is 0.225 e. The van der Waals surface area contributed by atoms with E-state index in [-0.39, 0.29) is 17.7 Å². The van der Waals surface area contributed by atoms with Crippen LogP contribution in [-0.2, 0) is 10.3 Å². The van der Waals surface area contributed by atoms with Crippen molar-refractivity contribution in [1.29, 1.82) is 0 Å². The van der Waals surface area contributed by atoms with Crippen molar-refractivity contribution < 1.29 is 9.53 Å². The molecular weight excluding hydrogens is 368 g/mol. The number of nitrogens with zero attached hydrogens (tertiary/aromatic N) is 6. The molecule has 3 rings (SSSR count). The van der Waals surface area contributed by atoms with Crippen LogP contribution in [0.25, 0.3) is 21.2 Å². The van der Waals surface area contributed by atoms with E-state index >= 15 is 0 Å². The number of aromatic nitrogens is 2. The van der Waals surface area contributed by atoms with Gasteiger partial charge in [0.1, 0.15) is 5.15 Å². The van der Waals surface area contributed by atoms with E-state index in [9.17, 15) is 4.79 Å². The molecule has 1 saturated carbocycles. The molecule has 1 amide bonds. The minimum Gasteiger partial charge on any atom is -0.477 e. The summed E-state index contributed by atoms with van der Waals surface area (Å²) in [6, 6.07) is 1.71. The lowest BCUT2D eigenvalue weighted by Gasteiger charge is -2.21. The molecule has 0 unspecified atom stereocenters. The van der Waals surface area contributed by atoms with Crippen LogP contribution in [0.1, 0.15) is 25.8 Å². The first-order valence-electron chi connectivity index (χ1n) is 8.59. The van der Waals surface area contributed by atoms with Crippen molar-refractivity contribution >= 4 is 28.3 Å². The van der Waals surface area contributed by atoms with E-state index in [2.05, 4.69) is 20.0 Å². The number of ether oxygens (including phenoxy) is 1. The topological polar surface area (TPSA) is 104 Å². The molecule has 142 valence electrons. The predicted octanol–water partition coefficient (Wildman–Crippen LogP) is 3.93. The Labute approximate surface area is 162 Å². The third kappa shape index (κ3) is 3.91. The van der Waals surface area contributed by atoms with E-state index in [1.54, 1.807) is 51.3 Å². The van der Waals surface area contributed by atoms with E-state index in [4.69, 9.17) is 21.9 Å². The Bertz CT molecular complexity index is 939. The number of carbonyl (C=O) groups is 1. The molecule has 2 aromatic heterocycles. The molecule has 1 aliphatic rings. The van der Waals surface area contributed by atoms with Gasteiger partial charge in [-0.2, -0.15) is 0 Å². The van der Waals surface area contributed by atoms with E-state index < -0.39 is 5.54 Å². The molecule has 2 atom stereocenters. The molecule has 0 aromatic carbocycles. The zero-order valence-corrected chi connectivity index (χ0v) is 16.4. The van der Waals surface area contributed by atoms with Gasteiger partial charge in [0.15, 0.2) is 0 Å². The van der Waals surface area contributed by atoms with Gasteiger partial charge in [0, 0.05) is 43.2 Å². The molecule has 1 fully saturated rings. The Morgan fingerprint density at radius 3 is 2.81 bits per heavy atom. The molecule has 0 spiro atoms. The highest BCUT2D eigenvalue weighted by molar-refractivity contribution is 6.30. The Morgan fingerprint density at radius 1 is 1.41 bits per heavy atom. The van der Waals surface area contributed by atoms with Gasteiger partial charge < -0.3 is 9.64 Å². The maximum atomic E-state index is 12.0. The molecule has 2 heterocycles. The van der Waals surface area contributed by atoms with Gasteiger partial charge in [-0.25, -0.2) is 9.97 Å². The molecule has 0 saturated heterocycles. The molecule has 0 aliphatic heterocycles. The van der Waals surface area contributed by atoms with Crippen LogP contribution in [0.4, 0.5) is 0 Å². The number of pyridine rings is 2. The lowest BCUT2D eigenvalue weighted by atomic mass is 9.93. The second kappa shape index (κ2) is 7.21. The van der Waals surface area contributed by atoms with Crippen molar-refractivity contribution in [3.8, 4) is 5.88 Å². The van der Waals surface area contributed by atoms with Gasteiger partial charge in [-0.15, -0.1) is 0 Å². The number of rotatable bonds is 6. The van der Waals surface area contributed by atoms with Gasteiger partial charge in [0.05, 0.1) is 17.5 Å². The van der Waals surface area contributed by atoms with Crippen LogP contribution in [0, 0.1) is 11.8 Å². The Kier molecular flexibility index (Phi) is 5.13. The van der Waals surface area contributed by atoms with E-state index in [1.807, 2.05) is 0 Å². The summed E-state index contributed by atoms with van der Waals surface area (Å²) in [6.45, 7) is 4.02. The average molecular weight is 389 g/mol. The number of carbonyl (C=O) groups excluding carboxylic acids is 1. The van der Waals surface area contributed by atoms with Crippen molar-refractivity contribution in [2.24, 2.45) is 17.0 Å². The van der Waals surface area contributed by atoms with Gasteiger partial charge in [-0.05, 0) is 29.0 Å². The predicted molar refractivity (Wildman–Crippen MR) is 103 cm³/mol. The highest BCUT2D eigenvalue weighted by atomic mass is 35.5. The first-order chi connectivity index (χ1) is 12.7. The fourth-order valence-corrected chi connectivity index (χ4v) is 3.26. The molecule has 1 aliphatic carbocycles. The van der Waals surface area contributed by atoms with Crippen molar-refractivity contribution in [2.75, 3.05) is 20.7 Å². The van der Waals surface area contributed by atoms with Crippen LogP contribution in [0.2, 0.25) is 5.15 Å². The van der Waals surface area contributed by atoms with Gasteiger partial charge in [-0.3, -0.25) is 4.79 Å². The average Bonchev–Trinajstić information content (AvgIpc) is 3.37. The second-order valence-electron chi connectivity index (χ2n) is 7.42. The van der Waals surface area contributed by atoms with Crippen LogP contribution in [0.3, 0.4) is 0 Å². The minimum atomic E-state index is -0.803. The van der Waals surface area contributed by atoms with Crippen LogP contribution < -0.4 is 4.74 Å². The van der Waals surface area contributed by atoms with Crippen molar-refractivity contribution in [1.82, 2.24) is 14.9 Å². The molecule has 8 nitrogen and oxygen atoms in total. The lowest BCUT2D eigenvalue weighted by Crippen LogP contribution is -2.24. The first-order valence-corrected chi connectivity index (χ1v) is 8.97. The SMILES string of the molecule is CN(C)C(=O)[C@@H]1C[C@H]1COc1ncc(C(C)(C)N=[N+]=[N-])c2cc(Cl)ncc12. The Hall–Kier alpha value is -2.57. The zero-order valence-electron chi connectivity index (χ0n) is 15.7. The summed E-state index contributed by atoms with van der Waals surface area (Å²) in [5.74, 6) is 0.761. The van der Waals surface area contributed by atoms with Gasteiger partial charge in [0.2, 0.25) is 11.8 Å². The standard InChI is InChI=1S/C18H21ClN6O2/c1-18(2,23-24-20)14-8-22-16(13-7-21-15(19)6-12(13)14)27-9-10-5-11(10)17(26)25(3)4/h6-8,10-11H,5,9H2,1-4H3/t10-,11+/m0/s1. The Morgan fingerprint density at radius 2 is 2.15 bits per heavy atom. The molecule has 2 aromatic rings. The number of hydrogen-bond donors (Lipinski definition) is 0. The normalized spacial score (nSPS) is 18.7. The summed E-state index contributed by atoms with van der Waals surface area (Å²) in [5.41, 5.74) is 8.78. The Balaban J connectivity index is 1.88. The summed E-state index contributed by atoms with van der Waals surface area (Å²) < 4.78 is 5.90. The number of amides is 1. The molecular formula is C18H21ClN6O2. The van der Waals surface area contributed by atoms with Crippen molar-refractivity contribution in [3.05, 3.63) is 39.6 Å². The number of azide groups is 1. The van der Waals surface area contributed by atoms with Gasteiger partial charge >= 0.3 is 0 Å². The van der Waals surface area contributed by atoms with Crippen LogP contribution in [0.5, 0.6) is 5.88 Å². The highest BCUT2D eigenvalue weighted by Gasteiger charge is 2.44. The van der Waals surface area contributed by atoms with Crippen LogP contribution >= 0.6 is 11.6 Å². The second-order valence-corrected chi connectivity index (χ2v) is 7.81. The number of fused-ring (bicyclic) bond motifs is 1. The van der Waals surface area contributed by atoms with Crippen LogP contribution in [-0.4, -0.2) is 41.5 Å². The summed E-state index contributed by atoms with van der Waals surface area (Å²) in [5, 5.41) is 5.65. The summed E-state index contributed by atoms with van der Waals surface area (Å²) >= 11 is 6.07.